The third-order valence-electron chi connectivity index (χ3n) is 3.99. The fourth-order valence-electron chi connectivity index (χ4n) is 2.58. The maximum absolute atomic E-state index is 12.8. The van der Waals surface area contributed by atoms with Gasteiger partial charge >= 0.3 is 0 Å². The second kappa shape index (κ2) is 7.07. The van der Waals surface area contributed by atoms with Gasteiger partial charge in [-0.05, 0) is 37.5 Å². The van der Waals surface area contributed by atoms with Crippen molar-refractivity contribution in [2.45, 2.75) is 19.8 Å². The van der Waals surface area contributed by atoms with Crippen molar-refractivity contribution in [2.75, 3.05) is 31.7 Å². The van der Waals surface area contributed by atoms with Gasteiger partial charge in [-0.1, -0.05) is 12.1 Å². The second-order valence-corrected chi connectivity index (χ2v) is 5.30. The maximum atomic E-state index is 12.8. The van der Waals surface area contributed by atoms with Crippen LogP contribution in [0.15, 0.2) is 24.3 Å². The first-order chi connectivity index (χ1) is 9.09. The van der Waals surface area contributed by atoms with E-state index < -0.39 is 5.41 Å². The summed E-state index contributed by atoms with van der Waals surface area (Å²) in [4.78, 5) is 14.5. The Kier molecular flexibility index (Phi) is 5.99. The van der Waals surface area contributed by atoms with Gasteiger partial charge in [0.15, 0.2) is 0 Å². The number of halogens is 1. The molecule has 112 valence electrons. The van der Waals surface area contributed by atoms with Crippen LogP contribution in [0, 0.1) is 12.3 Å². The number of hydrogen-bond donors (Lipinski definition) is 1. The smallest absolute Gasteiger partial charge is 0.234 e. The molecule has 0 atom stereocenters. The second-order valence-electron chi connectivity index (χ2n) is 5.30. The molecule has 1 heterocycles. The monoisotopic (exact) mass is 298 g/mol. The minimum absolute atomic E-state index is 0. The van der Waals surface area contributed by atoms with E-state index in [1.807, 2.05) is 38.2 Å². The fraction of sp³-hybridized carbons (Fsp3) is 0.533. The number of benzene rings is 1. The van der Waals surface area contributed by atoms with Crippen LogP contribution >= 0.6 is 12.4 Å². The zero-order chi connectivity index (χ0) is 13.9. The van der Waals surface area contributed by atoms with Crippen LogP contribution in [-0.4, -0.2) is 32.7 Å². The zero-order valence-corrected chi connectivity index (χ0v) is 12.9. The summed E-state index contributed by atoms with van der Waals surface area (Å²) in [6.07, 6.45) is 1.41. The molecule has 0 aliphatic carbocycles. The van der Waals surface area contributed by atoms with Crippen LogP contribution in [0.2, 0.25) is 0 Å². The van der Waals surface area contributed by atoms with Crippen molar-refractivity contribution >= 4 is 24.0 Å². The van der Waals surface area contributed by atoms with Crippen LogP contribution in [0.5, 0.6) is 0 Å². The topological polar surface area (TPSA) is 55.6 Å². The first kappa shape index (κ1) is 17.0. The van der Waals surface area contributed by atoms with Crippen molar-refractivity contribution in [3.63, 3.8) is 0 Å². The molecule has 20 heavy (non-hydrogen) atoms. The van der Waals surface area contributed by atoms with E-state index in [9.17, 15) is 4.79 Å². The number of ether oxygens (including phenoxy) is 1. The summed E-state index contributed by atoms with van der Waals surface area (Å²) in [6.45, 7) is 3.63. The number of nitrogens with two attached hydrogens (primary N) is 1. The standard InChI is InChI=1S/C15H22N2O2.ClH/c1-12-4-3-5-13(10-12)17(2)14(18)15(11-16)6-8-19-9-7-15;/h3-5,10H,6-9,11,16H2,1-2H3;1H. The van der Waals surface area contributed by atoms with E-state index in [0.29, 0.717) is 32.6 Å². The van der Waals surface area contributed by atoms with E-state index >= 15 is 0 Å². The Hall–Kier alpha value is -1.10. The minimum Gasteiger partial charge on any atom is -0.381 e. The molecule has 1 aromatic rings. The number of rotatable bonds is 3. The first-order valence-electron chi connectivity index (χ1n) is 6.72. The molecule has 1 aliphatic heterocycles. The van der Waals surface area contributed by atoms with Crippen molar-refractivity contribution in [3.8, 4) is 0 Å². The number of hydrogen-bond acceptors (Lipinski definition) is 3. The van der Waals surface area contributed by atoms with E-state index in [1.165, 1.54) is 0 Å². The lowest BCUT2D eigenvalue weighted by Crippen LogP contribution is -2.49. The normalized spacial score (nSPS) is 17.1. The summed E-state index contributed by atoms with van der Waals surface area (Å²) < 4.78 is 5.36. The van der Waals surface area contributed by atoms with Gasteiger partial charge in [0.1, 0.15) is 0 Å². The Morgan fingerprint density at radius 3 is 2.60 bits per heavy atom. The van der Waals surface area contributed by atoms with E-state index in [0.717, 1.165) is 11.3 Å². The van der Waals surface area contributed by atoms with Gasteiger partial charge in [-0.25, -0.2) is 0 Å². The Morgan fingerprint density at radius 2 is 2.05 bits per heavy atom. The summed E-state index contributed by atoms with van der Waals surface area (Å²) in [6, 6.07) is 7.96. The predicted octanol–water partition coefficient (Wildman–Crippen LogP) is 2.14. The summed E-state index contributed by atoms with van der Waals surface area (Å²) in [5, 5.41) is 0. The molecular weight excluding hydrogens is 276 g/mol. The van der Waals surface area contributed by atoms with Gasteiger partial charge in [0.2, 0.25) is 5.91 Å². The summed E-state index contributed by atoms with van der Waals surface area (Å²) in [7, 11) is 1.82. The van der Waals surface area contributed by atoms with Gasteiger partial charge in [0.05, 0.1) is 5.41 Å². The molecule has 0 spiro atoms. The summed E-state index contributed by atoms with van der Waals surface area (Å²) in [5.41, 5.74) is 7.49. The highest BCUT2D eigenvalue weighted by atomic mass is 35.5. The van der Waals surface area contributed by atoms with Crippen molar-refractivity contribution in [3.05, 3.63) is 29.8 Å². The van der Waals surface area contributed by atoms with Crippen molar-refractivity contribution < 1.29 is 9.53 Å². The highest BCUT2D eigenvalue weighted by Crippen LogP contribution is 2.32. The van der Waals surface area contributed by atoms with Crippen LogP contribution in [0.25, 0.3) is 0 Å². The lowest BCUT2D eigenvalue weighted by atomic mass is 9.79. The number of anilines is 1. The average Bonchev–Trinajstić information content (AvgIpc) is 2.46. The zero-order valence-electron chi connectivity index (χ0n) is 12.1. The molecule has 2 N–H and O–H groups in total. The Balaban J connectivity index is 0.00000200. The lowest BCUT2D eigenvalue weighted by molar-refractivity contribution is -0.132. The molecular formula is C15H23ClN2O2. The molecule has 0 saturated carbocycles. The van der Waals surface area contributed by atoms with Crippen LogP contribution < -0.4 is 10.6 Å². The average molecular weight is 299 g/mol. The molecule has 1 aromatic carbocycles. The molecule has 2 rings (SSSR count). The van der Waals surface area contributed by atoms with Crippen molar-refractivity contribution in [1.29, 1.82) is 0 Å². The molecule has 4 nitrogen and oxygen atoms in total. The third-order valence-corrected chi connectivity index (χ3v) is 3.99. The van der Waals surface area contributed by atoms with Crippen LogP contribution in [0.1, 0.15) is 18.4 Å². The molecule has 0 unspecified atom stereocenters. The van der Waals surface area contributed by atoms with Crippen molar-refractivity contribution in [2.24, 2.45) is 11.1 Å². The molecule has 1 fully saturated rings. The van der Waals surface area contributed by atoms with Gasteiger partial charge in [0, 0.05) is 32.5 Å². The number of nitrogens with zero attached hydrogens (tertiary/aromatic N) is 1. The summed E-state index contributed by atoms with van der Waals surface area (Å²) in [5.74, 6) is 0.101. The molecule has 0 radical (unpaired) electrons. The number of carbonyl (C=O) groups is 1. The first-order valence-corrected chi connectivity index (χ1v) is 6.72. The van der Waals surface area contributed by atoms with E-state index in [-0.39, 0.29) is 18.3 Å². The maximum Gasteiger partial charge on any atom is 0.234 e. The Morgan fingerprint density at radius 1 is 1.40 bits per heavy atom. The molecule has 1 amide bonds. The fourth-order valence-corrected chi connectivity index (χ4v) is 2.58. The Labute approximate surface area is 126 Å². The number of amides is 1. The molecule has 0 aromatic heterocycles. The molecule has 5 heteroatoms. The molecule has 1 saturated heterocycles. The van der Waals surface area contributed by atoms with Gasteiger partial charge in [-0.3, -0.25) is 4.79 Å². The van der Waals surface area contributed by atoms with Gasteiger partial charge in [-0.15, -0.1) is 12.4 Å². The van der Waals surface area contributed by atoms with Gasteiger partial charge in [-0.2, -0.15) is 0 Å². The van der Waals surface area contributed by atoms with Gasteiger partial charge < -0.3 is 15.4 Å². The minimum atomic E-state index is -0.462. The van der Waals surface area contributed by atoms with Crippen LogP contribution in [0.4, 0.5) is 5.69 Å². The van der Waals surface area contributed by atoms with Crippen molar-refractivity contribution in [1.82, 2.24) is 0 Å². The summed E-state index contributed by atoms with van der Waals surface area (Å²) >= 11 is 0. The Bertz CT molecular complexity index is 459. The number of aryl methyl sites for hydroxylation is 1. The third kappa shape index (κ3) is 3.32. The van der Waals surface area contributed by atoms with Crippen LogP contribution in [0.3, 0.4) is 0 Å². The van der Waals surface area contributed by atoms with E-state index in [4.69, 9.17) is 10.5 Å². The van der Waals surface area contributed by atoms with Gasteiger partial charge in [0.25, 0.3) is 0 Å². The highest BCUT2D eigenvalue weighted by Gasteiger charge is 2.40. The van der Waals surface area contributed by atoms with Crippen LogP contribution in [-0.2, 0) is 9.53 Å². The SMILES string of the molecule is Cc1cccc(N(C)C(=O)C2(CN)CCOCC2)c1.Cl. The molecule has 1 aliphatic rings. The largest absolute Gasteiger partial charge is 0.381 e. The quantitative estimate of drug-likeness (QED) is 0.930. The van der Waals surface area contributed by atoms with E-state index in [2.05, 4.69) is 0 Å². The number of carbonyl (C=O) groups excluding carboxylic acids is 1. The van der Waals surface area contributed by atoms with E-state index in [1.54, 1.807) is 4.90 Å². The molecule has 0 bridgehead atoms. The predicted molar refractivity (Wildman–Crippen MR) is 83.4 cm³/mol. The highest BCUT2D eigenvalue weighted by molar-refractivity contribution is 5.97. The lowest BCUT2D eigenvalue weighted by Gasteiger charge is -2.37.